The molecule has 1 rings (SSSR count). The quantitative estimate of drug-likeness (QED) is 0.640. The van der Waals surface area contributed by atoms with Crippen molar-refractivity contribution in [2.24, 2.45) is 5.92 Å². The van der Waals surface area contributed by atoms with Crippen molar-refractivity contribution in [1.82, 2.24) is 5.32 Å². The van der Waals surface area contributed by atoms with Crippen LogP contribution in [0.1, 0.15) is 52.4 Å². The van der Waals surface area contributed by atoms with Gasteiger partial charge in [-0.3, -0.25) is 0 Å². The molecule has 0 saturated heterocycles. The standard InChI is InChI=1S/C11H23N/c1-10(2)9-12-11-7-5-3-4-6-8-11/h10-12H,3-9H2,1-2H3. The van der Waals surface area contributed by atoms with Gasteiger partial charge in [-0.05, 0) is 25.3 Å². The molecule has 1 fully saturated rings. The minimum Gasteiger partial charge on any atom is -0.314 e. The average molecular weight is 169 g/mol. The third-order valence-corrected chi connectivity index (χ3v) is 2.67. The Morgan fingerprint density at radius 2 is 1.67 bits per heavy atom. The van der Waals surface area contributed by atoms with Gasteiger partial charge in [-0.2, -0.15) is 0 Å². The zero-order valence-corrected chi connectivity index (χ0v) is 8.60. The number of hydrogen-bond acceptors (Lipinski definition) is 1. The van der Waals surface area contributed by atoms with Gasteiger partial charge in [0.05, 0.1) is 0 Å². The van der Waals surface area contributed by atoms with Gasteiger partial charge in [-0.15, -0.1) is 0 Å². The Bertz CT molecular complexity index is 102. The molecule has 0 radical (unpaired) electrons. The average Bonchev–Trinajstić information content (AvgIpc) is 2.28. The number of hydrogen-bond donors (Lipinski definition) is 1. The van der Waals surface area contributed by atoms with E-state index in [9.17, 15) is 0 Å². The highest BCUT2D eigenvalue weighted by atomic mass is 14.9. The first-order chi connectivity index (χ1) is 5.79. The lowest BCUT2D eigenvalue weighted by atomic mass is 10.1. The van der Waals surface area contributed by atoms with E-state index in [0.29, 0.717) is 0 Å². The van der Waals surface area contributed by atoms with E-state index in [1.165, 1.54) is 45.1 Å². The van der Waals surface area contributed by atoms with Crippen LogP contribution in [-0.2, 0) is 0 Å². The van der Waals surface area contributed by atoms with Gasteiger partial charge in [0, 0.05) is 6.04 Å². The van der Waals surface area contributed by atoms with E-state index in [1.54, 1.807) is 0 Å². The summed E-state index contributed by atoms with van der Waals surface area (Å²) in [5, 5.41) is 3.66. The molecule has 0 aliphatic heterocycles. The first-order valence-electron chi connectivity index (χ1n) is 5.52. The lowest BCUT2D eigenvalue weighted by molar-refractivity contribution is 0.426. The predicted molar refractivity (Wildman–Crippen MR) is 54.3 cm³/mol. The van der Waals surface area contributed by atoms with Gasteiger partial charge < -0.3 is 5.32 Å². The molecule has 0 aromatic rings. The molecule has 0 heterocycles. The SMILES string of the molecule is CC(C)CNC1CCCCCC1. The summed E-state index contributed by atoms with van der Waals surface area (Å²) in [4.78, 5) is 0. The summed E-state index contributed by atoms with van der Waals surface area (Å²) in [5.74, 6) is 0.799. The highest BCUT2D eigenvalue weighted by molar-refractivity contribution is 4.70. The fourth-order valence-corrected chi connectivity index (χ4v) is 1.89. The lowest BCUT2D eigenvalue weighted by Crippen LogP contribution is -2.31. The third kappa shape index (κ3) is 4.10. The molecular weight excluding hydrogens is 146 g/mol. The van der Waals surface area contributed by atoms with Crippen LogP contribution in [0, 0.1) is 5.92 Å². The van der Waals surface area contributed by atoms with Gasteiger partial charge in [0.2, 0.25) is 0 Å². The molecule has 1 saturated carbocycles. The summed E-state index contributed by atoms with van der Waals surface area (Å²) in [6, 6.07) is 0.829. The maximum atomic E-state index is 3.66. The normalized spacial score (nSPS) is 21.2. The first-order valence-corrected chi connectivity index (χ1v) is 5.52. The fourth-order valence-electron chi connectivity index (χ4n) is 1.89. The molecule has 1 aliphatic rings. The zero-order chi connectivity index (χ0) is 8.81. The fraction of sp³-hybridized carbons (Fsp3) is 1.00. The van der Waals surface area contributed by atoms with E-state index in [-0.39, 0.29) is 0 Å². The molecule has 0 aromatic carbocycles. The Labute approximate surface area is 76.9 Å². The van der Waals surface area contributed by atoms with Crippen molar-refractivity contribution in [1.29, 1.82) is 0 Å². The highest BCUT2D eigenvalue weighted by Crippen LogP contribution is 2.17. The molecule has 0 spiro atoms. The van der Waals surface area contributed by atoms with Gasteiger partial charge in [0.15, 0.2) is 0 Å². The lowest BCUT2D eigenvalue weighted by Gasteiger charge is -2.17. The van der Waals surface area contributed by atoms with Crippen LogP contribution < -0.4 is 5.32 Å². The predicted octanol–water partition coefficient (Wildman–Crippen LogP) is 2.95. The highest BCUT2D eigenvalue weighted by Gasteiger charge is 2.11. The Morgan fingerprint density at radius 3 is 2.17 bits per heavy atom. The zero-order valence-electron chi connectivity index (χ0n) is 8.60. The van der Waals surface area contributed by atoms with Crippen LogP contribution in [-0.4, -0.2) is 12.6 Å². The van der Waals surface area contributed by atoms with Crippen molar-refractivity contribution in [2.45, 2.75) is 58.4 Å². The van der Waals surface area contributed by atoms with E-state index < -0.39 is 0 Å². The minimum atomic E-state index is 0.799. The van der Waals surface area contributed by atoms with Crippen molar-refractivity contribution < 1.29 is 0 Å². The molecule has 72 valence electrons. The molecule has 1 N–H and O–H groups in total. The monoisotopic (exact) mass is 169 g/mol. The van der Waals surface area contributed by atoms with Crippen LogP contribution in [0.5, 0.6) is 0 Å². The van der Waals surface area contributed by atoms with Crippen LogP contribution in [0.4, 0.5) is 0 Å². The summed E-state index contributed by atoms with van der Waals surface area (Å²) in [7, 11) is 0. The largest absolute Gasteiger partial charge is 0.314 e. The van der Waals surface area contributed by atoms with E-state index >= 15 is 0 Å². The van der Waals surface area contributed by atoms with E-state index in [4.69, 9.17) is 0 Å². The third-order valence-electron chi connectivity index (χ3n) is 2.67. The first kappa shape index (κ1) is 10.0. The molecule has 0 atom stereocenters. The van der Waals surface area contributed by atoms with E-state index in [2.05, 4.69) is 19.2 Å². The summed E-state index contributed by atoms with van der Waals surface area (Å²) in [6.45, 7) is 5.76. The number of nitrogens with one attached hydrogen (secondary N) is 1. The van der Waals surface area contributed by atoms with Gasteiger partial charge in [0.1, 0.15) is 0 Å². The van der Waals surface area contributed by atoms with Crippen LogP contribution >= 0.6 is 0 Å². The molecular formula is C11H23N. The molecule has 1 nitrogen and oxygen atoms in total. The van der Waals surface area contributed by atoms with Gasteiger partial charge in [-0.1, -0.05) is 39.5 Å². The second-order valence-electron chi connectivity index (χ2n) is 4.49. The molecule has 1 aliphatic carbocycles. The van der Waals surface area contributed by atoms with E-state index in [0.717, 1.165) is 12.0 Å². The molecule has 12 heavy (non-hydrogen) atoms. The Balaban J connectivity index is 2.12. The van der Waals surface area contributed by atoms with Crippen LogP contribution in [0.25, 0.3) is 0 Å². The molecule has 0 bridgehead atoms. The van der Waals surface area contributed by atoms with Crippen molar-refractivity contribution in [2.75, 3.05) is 6.54 Å². The molecule has 0 amide bonds. The number of rotatable bonds is 3. The van der Waals surface area contributed by atoms with Gasteiger partial charge in [0.25, 0.3) is 0 Å². The van der Waals surface area contributed by atoms with Crippen molar-refractivity contribution in [3.8, 4) is 0 Å². The summed E-state index contributed by atoms with van der Waals surface area (Å²) >= 11 is 0. The summed E-state index contributed by atoms with van der Waals surface area (Å²) in [5.41, 5.74) is 0. The van der Waals surface area contributed by atoms with E-state index in [1.807, 2.05) is 0 Å². The Kier molecular flexibility index (Phi) is 4.67. The second-order valence-corrected chi connectivity index (χ2v) is 4.49. The summed E-state index contributed by atoms with van der Waals surface area (Å²) < 4.78 is 0. The Morgan fingerprint density at radius 1 is 1.08 bits per heavy atom. The molecule has 1 heteroatoms. The Hall–Kier alpha value is -0.0400. The van der Waals surface area contributed by atoms with Crippen molar-refractivity contribution >= 4 is 0 Å². The van der Waals surface area contributed by atoms with Crippen molar-refractivity contribution in [3.63, 3.8) is 0 Å². The topological polar surface area (TPSA) is 12.0 Å². The van der Waals surface area contributed by atoms with Gasteiger partial charge >= 0.3 is 0 Å². The van der Waals surface area contributed by atoms with Crippen LogP contribution in [0.15, 0.2) is 0 Å². The molecule has 0 unspecified atom stereocenters. The minimum absolute atomic E-state index is 0.799. The summed E-state index contributed by atoms with van der Waals surface area (Å²) in [6.07, 6.45) is 8.62. The maximum Gasteiger partial charge on any atom is 0.00671 e. The van der Waals surface area contributed by atoms with Gasteiger partial charge in [-0.25, -0.2) is 0 Å². The van der Waals surface area contributed by atoms with Crippen molar-refractivity contribution in [3.05, 3.63) is 0 Å². The van der Waals surface area contributed by atoms with Crippen LogP contribution in [0.3, 0.4) is 0 Å². The molecule has 0 aromatic heterocycles. The smallest absolute Gasteiger partial charge is 0.00671 e. The maximum absolute atomic E-state index is 3.66. The second kappa shape index (κ2) is 5.58. The van der Waals surface area contributed by atoms with Crippen LogP contribution in [0.2, 0.25) is 0 Å².